The van der Waals surface area contributed by atoms with Gasteiger partial charge < -0.3 is 21.3 Å². The van der Waals surface area contributed by atoms with Crippen LogP contribution < -0.4 is 16.4 Å². The lowest BCUT2D eigenvalue weighted by molar-refractivity contribution is -0.137. The van der Waals surface area contributed by atoms with E-state index in [1.807, 2.05) is 56.3 Å². The number of halogens is 3. The van der Waals surface area contributed by atoms with Crippen LogP contribution in [0.1, 0.15) is 27.9 Å². The maximum absolute atomic E-state index is 13.9. The first-order valence-electron chi connectivity index (χ1n) is 12.4. The Hall–Kier alpha value is -4.18. The highest BCUT2D eigenvalue weighted by molar-refractivity contribution is 6.03. The molecule has 0 radical (unpaired) electrons. The van der Waals surface area contributed by atoms with Crippen LogP contribution in [-0.4, -0.2) is 55.0 Å². The third kappa shape index (κ3) is 6.12. The van der Waals surface area contributed by atoms with Crippen molar-refractivity contribution in [3.05, 3.63) is 71.4 Å². The SMILES string of the molecule is Cc1ccc(-c2cc(C(F)(F)F)cc(C(N)=O)c2N(C)CCCN(C)C)cc1-c1ccc2nc(N)ncc2c1. The fourth-order valence-corrected chi connectivity index (χ4v) is 4.67. The first-order chi connectivity index (χ1) is 18.3. The smallest absolute Gasteiger partial charge is 0.373 e. The first kappa shape index (κ1) is 27.8. The zero-order chi connectivity index (χ0) is 28.5. The topological polar surface area (TPSA) is 101 Å². The number of fused-ring (bicyclic) bond motifs is 1. The van der Waals surface area contributed by atoms with Crippen LogP contribution in [0.25, 0.3) is 33.2 Å². The van der Waals surface area contributed by atoms with Gasteiger partial charge in [-0.2, -0.15) is 13.2 Å². The first-order valence-corrected chi connectivity index (χ1v) is 12.4. The van der Waals surface area contributed by atoms with E-state index in [0.29, 0.717) is 23.3 Å². The number of carbonyl (C=O) groups is 1. The fourth-order valence-electron chi connectivity index (χ4n) is 4.67. The number of hydrogen-bond donors (Lipinski definition) is 2. The molecule has 10 heteroatoms. The number of benzene rings is 3. The Morgan fingerprint density at radius 3 is 2.31 bits per heavy atom. The molecule has 0 bridgehead atoms. The van der Waals surface area contributed by atoms with Gasteiger partial charge in [0.2, 0.25) is 5.95 Å². The van der Waals surface area contributed by atoms with Crippen molar-refractivity contribution in [3.63, 3.8) is 0 Å². The zero-order valence-electron chi connectivity index (χ0n) is 22.3. The van der Waals surface area contributed by atoms with E-state index in [9.17, 15) is 18.0 Å². The van der Waals surface area contributed by atoms with E-state index in [4.69, 9.17) is 11.5 Å². The summed E-state index contributed by atoms with van der Waals surface area (Å²) in [6, 6.07) is 13.0. The number of nitrogens with two attached hydrogens (primary N) is 2. The Bertz CT molecular complexity index is 1530. The molecule has 0 spiro atoms. The molecule has 0 saturated carbocycles. The third-order valence-electron chi connectivity index (χ3n) is 6.64. The van der Waals surface area contributed by atoms with Crippen molar-refractivity contribution in [2.45, 2.75) is 19.5 Å². The summed E-state index contributed by atoms with van der Waals surface area (Å²) in [6.07, 6.45) is -2.28. The molecule has 0 aliphatic heterocycles. The van der Waals surface area contributed by atoms with Crippen molar-refractivity contribution in [3.8, 4) is 22.3 Å². The van der Waals surface area contributed by atoms with Crippen LogP contribution >= 0.6 is 0 Å². The number of carbonyl (C=O) groups excluding carboxylic acids is 1. The van der Waals surface area contributed by atoms with Crippen LogP contribution in [0.2, 0.25) is 0 Å². The number of anilines is 2. The molecule has 0 aliphatic carbocycles. The molecule has 0 aliphatic rings. The lowest BCUT2D eigenvalue weighted by Gasteiger charge is -2.27. The lowest BCUT2D eigenvalue weighted by atomic mass is 9.91. The van der Waals surface area contributed by atoms with E-state index in [0.717, 1.165) is 47.2 Å². The summed E-state index contributed by atoms with van der Waals surface area (Å²) in [4.78, 5) is 24.6. The van der Waals surface area contributed by atoms with Gasteiger partial charge in [0, 0.05) is 30.7 Å². The average Bonchev–Trinajstić information content (AvgIpc) is 2.87. The Kier molecular flexibility index (Phi) is 7.78. The molecule has 0 saturated heterocycles. The van der Waals surface area contributed by atoms with Crippen LogP contribution in [-0.2, 0) is 6.18 Å². The molecule has 7 nitrogen and oxygen atoms in total. The Balaban J connectivity index is 1.91. The second-order valence-electron chi connectivity index (χ2n) is 9.89. The van der Waals surface area contributed by atoms with E-state index in [2.05, 4.69) is 9.97 Å². The highest BCUT2D eigenvalue weighted by Crippen LogP contribution is 2.41. The summed E-state index contributed by atoms with van der Waals surface area (Å²) >= 11 is 0. The molecule has 0 unspecified atom stereocenters. The van der Waals surface area contributed by atoms with Gasteiger partial charge in [-0.25, -0.2) is 9.97 Å². The van der Waals surface area contributed by atoms with Gasteiger partial charge in [0.1, 0.15) is 0 Å². The summed E-state index contributed by atoms with van der Waals surface area (Å²) in [5, 5.41) is 0.780. The molecule has 4 rings (SSSR count). The number of nitrogens with zero attached hydrogens (tertiary/aromatic N) is 4. The predicted octanol–water partition coefficient (Wildman–Crippen LogP) is 5.36. The van der Waals surface area contributed by atoms with E-state index >= 15 is 0 Å². The highest BCUT2D eigenvalue weighted by atomic mass is 19.4. The van der Waals surface area contributed by atoms with Gasteiger partial charge in [0.25, 0.3) is 5.91 Å². The summed E-state index contributed by atoms with van der Waals surface area (Å²) in [7, 11) is 5.65. The van der Waals surface area contributed by atoms with Crippen molar-refractivity contribution in [2.24, 2.45) is 5.73 Å². The number of alkyl halides is 3. The molecule has 1 amide bonds. The molecule has 4 N–H and O–H groups in total. The van der Waals surface area contributed by atoms with Crippen molar-refractivity contribution < 1.29 is 18.0 Å². The zero-order valence-corrected chi connectivity index (χ0v) is 22.3. The molecule has 4 aromatic rings. The van der Waals surface area contributed by atoms with E-state index in [-0.39, 0.29) is 17.1 Å². The van der Waals surface area contributed by atoms with Crippen LogP contribution in [0.3, 0.4) is 0 Å². The predicted molar refractivity (Wildman–Crippen MR) is 150 cm³/mol. The third-order valence-corrected chi connectivity index (χ3v) is 6.64. The van der Waals surface area contributed by atoms with Crippen molar-refractivity contribution in [1.82, 2.24) is 14.9 Å². The number of aromatic nitrogens is 2. The van der Waals surface area contributed by atoms with Crippen LogP contribution in [0.4, 0.5) is 24.8 Å². The lowest BCUT2D eigenvalue weighted by Crippen LogP contribution is -2.27. The maximum Gasteiger partial charge on any atom is 0.416 e. The largest absolute Gasteiger partial charge is 0.416 e. The molecular weight excluding hydrogens is 505 g/mol. The van der Waals surface area contributed by atoms with Crippen molar-refractivity contribution in [1.29, 1.82) is 0 Å². The standard InChI is InChI=1S/C29H31F3N6O/c1-17-6-7-19(13-22(17)18-8-9-25-20(12-18)16-35-28(34)36-25)23-14-21(29(30,31)32)15-24(27(33)39)26(23)38(4)11-5-10-37(2)3/h6-9,12-16H,5,10-11H2,1-4H3,(H2,33,39)(H2,34,35,36). The van der Waals surface area contributed by atoms with Crippen molar-refractivity contribution >= 4 is 28.4 Å². The number of nitrogen functional groups attached to an aromatic ring is 1. The van der Waals surface area contributed by atoms with E-state index in [1.165, 1.54) is 0 Å². The second-order valence-corrected chi connectivity index (χ2v) is 9.89. The fraction of sp³-hybridized carbons (Fsp3) is 0.276. The Labute approximate surface area is 225 Å². The maximum atomic E-state index is 13.9. The molecule has 0 atom stereocenters. The molecule has 3 aromatic carbocycles. The Morgan fingerprint density at radius 2 is 1.64 bits per heavy atom. The number of aryl methyl sites for hydroxylation is 1. The molecular formula is C29H31F3N6O. The minimum atomic E-state index is -4.66. The second kappa shape index (κ2) is 10.9. The average molecular weight is 537 g/mol. The van der Waals surface area contributed by atoms with Gasteiger partial charge in [-0.3, -0.25) is 4.79 Å². The minimum absolute atomic E-state index is 0.172. The number of rotatable bonds is 8. The number of hydrogen-bond acceptors (Lipinski definition) is 6. The van der Waals surface area contributed by atoms with Crippen LogP contribution in [0, 0.1) is 6.92 Å². The Morgan fingerprint density at radius 1 is 0.949 bits per heavy atom. The summed E-state index contributed by atoms with van der Waals surface area (Å²) in [5.74, 6) is -0.747. The monoisotopic (exact) mass is 536 g/mol. The van der Waals surface area contributed by atoms with Crippen molar-refractivity contribution in [2.75, 3.05) is 44.9 Å². The van der Waals surface area contributed by atoms with Crippen LogP contribution in [0.15, 0.2) is 54.7 Å². The number of primary amides is 1. The van der Waals surface area contributed by atoms with Crippen LogP contribution in [0.5, 0.6) is 0 Å². The quantitative estimate of drug-likeness (QED) is 0.314. The molecule has 39 heavy (non-hydrogen) atoms. The van der Waals surface area contributed by atoms with Gasteiger partial charge in [-0.05, 0) is 86.6 Å². The number of amides is 1. The highest BCUT2D eigenvalue weighted by Gasteiger charge is 2.34. The normalized spacial score (nSPS) is 11.8. The van der Waals surface area contributed by atoms with Gasteiger partial charge in [0.15, 0.2) is 0 Å². The van der Waals surface area contributed by atoms with Gasteiger partial charge in [-0.1, -0.05) is 18.2 Å². The molecule has 204 valence electrons. The van der Waals surface area contributed by atoms with Gasteiger partial charge in [0.05, 0.1) is 22.3 Å². The summed E-state index contributed by atoms with van der Waals surface area (Å²) < 4.78 is 41.8. The van der Waals surface area contributed by atoms with E-state index < -0.39 is 17.6 Å². The van der Waals surface area contributed by atoms with Gasteiger partial charge >= 0.3 is 6.18 Å². The van der Waals surface area contributed by atoms with E-state index in [1.54, 1.807) is 24.2 Å². The summed E-state index contributed by atoms with van der Waals surface area (Å²) in [5.41, 5.74) is 14.7. The molecule has 0 fully saturated rings. The van der Waals surface area contributed by atoms with Gasteiger partial charge in [-0.15, -0.1) is 0 Å². The molecule has 1 aromatic heterocycles. The minimum Gasteiger partial charge on any atom is -0.373 e. The summed E-state index contributed by atoms with van der Waals surface area (Å²) in [6.45, 7) is 3.22. The molecule has 1 heterocycles.